The van der Waals surface area contributed by atoms with Gasteiger partial charge in [-0.15, -0.1) is 11.3 Å². The van der Waals surface area contributed by atoms with Crippen LogP contribution in [-0.2, 0) is 4.79 Å². The van der Waals surface area contributed by atoms with Crippen LogP contribution < -0.4 is 10.6 Å². The van der Waals surface area contributed by atoms with Crippen LogP contribution in [0.2, 0.25) is 10.0 Å². The molecule has 0 radical (unpaired) electrons. The maximum atomic E-state index is 12.4. The van der Waals surface area contributed by atoms with Crippen molar-refractivity contribution in [1.29, 1.82) is 0 Å². The molecule has 26 heavy (non-hydrogen) atoms. The highest BCUT2D eigenvalue weighted by Gasteiger charge is 2.14. The first-order chi connectivity index (χ1) is 12.4. The summed E-state index contributed by atoms with van der Waals surface area (Å²) in [7, 11) is 0. The molecule has 0 saturated heterocycles. The van der Waals surface area contributed by atoms with Gasteiger partial charge in [-0.3, -0.25) is 9.59 Å². The topological polar surface area (TPSA) is 71.1 Å². The number of thiazole rings is 1. The van der Waals surface area contributed by atoms with Gasteiger partial charge in [0.2, 0.25) is 5.91 Å². The number of hydrogen-bond donors (Lipinski definition) is 2. The number of rotatable bonds is 4. The third-order valence-corrected chi connectivity index (χ3v) is 4.82. The first kappa shape index (κ1) is 18.4. The van der Waals surface area contributed by atoms with Gasteiger partial charge in [0.05, 0.1) is 10.7 Å². The predicted molar refractivity (Wildman–Crippen MR) is 106 cm³/mol. The number of carbonyl (C=O) groups excluding carboxylic acids is 2. The van der Waals surface area contributed by atoms with Crippen molar-refractivity contribution in [3.63, 3.8) is 0 Å². The Balaban J connectivity index is 1.74. The Morgan fingerprint density at radius 3 is 2.42 bits per heavy atom. The van der Waals surface area contributed by atoms with E-state index < -0.39 is 0 Å². The Kier molecular flexibility index (Phi) is 5.56. The van der Waals surface area contributed by atoms with Gasteiger partial charge in [-0.25, -0.2) is 4.98 Å². The molecule has 3 rings (SSSR count). The van der Waals surface area contributed by atoms with Crippen LogP contribution in [0.3, 0.4) is 0 Å². The number of aromatic nitrogens is 1. The molecule has 2 N–H and O–H groups in total. The maximum Gasteiger partial charge on any atom is 0.275 e. The summed E-state index contributed by atoms with van der Waals surface area (Å²) in [6.07, 6.45) is 0. The Hall–Kier alpha value is -2.41. The molecule has 1 heterocycles. The molecule has 0 unspecified atom stereocenters. The molecule has 0 aliphatic rings. The van der Waals surface area contributed by atoms with Crippen molar-refractivity contribution in [1.82, 2.24) is 4.98 Å². The quantitative estimate of drug-likeness (QED) is 0.616. The fraction of sp³-hybridized carbons (Fsp3) is 0.0556. The van der Waals surface area contributed by atoms with Crippen LogP contribution in [0.5, 0.6) is 0 Å². The zero-order chi connectivity index (χ0) is 18.7. The second kappa shape index (κ2) is 7.86. The first-order valence-electron chi connectivity index (χ1n) is 7.52. The van der Waals surface area contributed by atoms with Gasteiger partial charge in [-0.05, 0) is 30.3 Å². The second-order valence-electron chi connectivity index (χ2n) is 5.37. The van der Waals surface area contributed by atoms with Crippen LogP contribution >= 0.6 is 34.5 Å². The lowest BCUT2D eigenvalue weighted by Gasteiger charge is -2.08. The van der Waals surface area contributed by atoms with Crippen molar-refractivity contribution in [2.24, 2.45) is 0 Å². The lowest BCUT2D eigenvalue weighted by atomic mass is 10.2. The SMILES string of the molecule is CC(=O)Nc1ccc(NC(=O)c2csc(-c3ccc(Cl)cc3)n2)c(Cl)c1. The van der Waals surface area contributed by atoms with E-state index in [2.05, 4.69) is 15.6 Å². The van der Waals surface area contributed by atoms with Gasteiger partial charge >= 0.3 is 0 Å². The molecule has 0 fully saturated rings. The summed E-state index contributed by atoms with van der Waals surface area (Å²) in [5.74, 6) is -0.564. The number of hydrogen-bond acceptors (Lipinski definition) is 4. The van der Waals surface area contributed by atoms with Gasteiger partial charge < -0.3 is 10.6 Å². The van der Waals surface area contributed by atoms with E-state index in [1.165, 1.54) is 18.3 Å². The van der Waals surface area contributed by atoms with Crippen molar-refractivity contribution in [2.45, 2.75) is 6.92 Å². The molecule has 3 aromatic rings. The molecule has 0 saturated carbocycles. The van der Waals surface area contributed by atoms with E-state index >= 15 is 0 Å². The maximum absolute atomic E-state index is 12.4. The largest absolute Gasteiger partial charge is 0.326 e. The summed E-state index contributed by atoms with van der Waals surface area (Å²) in [5, 5.41) is 8.70. The average molecular weight is 406 g/mol. The third kappa shape index (κ3) is 4.40. The number of benzene rings is 2. The second-order valence-corrected chi connectivity index (χ2v) is 7.08. The summed E-state index contributed by atoms with van der Waals surface area (Å²) in [6.45, 7) is 1.41. The molecular weight excluding hydrogens is 393 g/mol. The van der Waals surface area contributed by atoms with Gasteiger partial charge in [0.1, 0.15) is 10.7 Å². The Bertz CT molecular complexity index is 971. The average Bonchev–Trinajstić information content (AvgIpc) is 3.07. The third-order valence-electron chi connectivity index (χ3n) is 3.37. The Labute approximate surface area is 164 Å². The van der Waals surface area contributed by atoms with Crippen molar-refractivity contribution in [2.75, 3.05) is 10.6 Å². The minimum atomic E-state index is -0.365. The molecule has 0 atom stereocenters. The van der Waals surface area contributed by atoms with Crippen LogP contribution in [0.4, 0.5) is 11.4 Å². The van der Waals surface area contributed by atoms with Gasteiger partial charge in [0.15, 0.2) is 0 Å². The number of anilines is 2. The van der Waals surface area contributed by atoms with Gasteiger partial charge in [0.25, 0.3) is 5.91 Å². The van der Waals surface area contributed by atoms with Crippen LogP contribution in [0.1, 0.15) is 17.4 Å². The van der Waals surface area contributed by atoms with Crippen LogP contribution in [0, 0.1) is 0 Å². The zero-order valence-electron chi connectivity index (χ0n) is 13.5. The van der Waals surface area contributed by atoms with Crippen LogP contribution in [0.25, 0.3) is 10.6 Å². The van der Waals surface area contributed by atoms with E-state index in [-0.39, 0.29) is 11.8 Å². The Morgan fingerprint density at radius 1 is 1.04 bits per heavy atom. The molecule has 2 amide bonds. The number of amides is 2. The van der Waals surface area contributed by atoms with E-state index in [0.29, 0.717) is 27.1 Å². The van der Waals surface area contributed by atoms with Crippen LogP contribution in [0.15, 0.2) is 47.8 Å². The smallest absolute Gasteiger partial charge is 0.275 e. The minimum Gasteiger partial charge on any atom is -0.326 e. The van der Waals surface area contributed by atoms with Gasteiger partial charge in [0, 0.05) is 28.6 Å². The monoisotopic (exact) mass is 405 g/mol. The number of nitrogens with one attached hydrogen (secondary N) is 2. The van der Waals surface area contributed by atoms with Crippen molar-refractivity contribution >= 4 is 57.7 Å². The highest BCUT2D eigenvalue weighted by atomic mass is 35.5. The van der Waals surface area contributed by atoms with Gasteiger partial charge in [-0.1, -0.05) is 35.3 Å². The van der Waals surface area contributed by atoms with Crippen LogP contribution in [-0.4, -0.2) is 16.8 Å². The number of nitrogens with zero attached hydrogens (tertiary/aromatic N) is 1. The van der Waals surface area contributed by atoms with E-state index in [9.17, 15) is 9.59 Å². The fourth-order valence-corrected chi connectivity index (χ4v) is 3.35. The highest BCUT2D eigenvalue weighted by molar-refractivity contribution is 7.13. The summed E-state index contributed by atoms with van der Waals surface area (Å²) in [5.41, 5.74) is 2.17. The highest BCUT2D eigenvalue weighted by Crippen LogP contribution is 2.28. The Morgan fingerprint density at radius 2 is 1.77 bits per heavy atom. The summed E-state index contributed by atoms with van der Waals surface area (Å²) >= 11 is 13.4. The first-order valence-corrected chi connectivity index (χ1v) is 9.16. The molecule has 132 valence electrons. The standard InChI is InChI=1S/C18H13Cl2N3O2S/c1-10(24)21-13-6-7-15(14(20)8-13)22-17(25)16-9-26-18(23-16)11-2-4-12(19)5-3-11/h2-9H,1H3,(H,21,24)(H,22,25). The molecule has 0 spiro atoms. The van der Waals surface area contributed by atoms with E-state index in [1.54, 1.807) is 35.7 Å². The van der Waals surface area contributed by atoms with E-state index in [1.807, 2.05) is 12.1 Å². The lowest BCUT2D eigenvalue weighted by Crippen LogP contribution is -2.13. The summed E-state index contributed by atoms with van der Waals surface area (Å²) < 4.78 is 0. The minimum absolute atomic E-state index is 0.199. The molecule has 8 heteroatoms. The van der Waals surface area contributed by atoms with Gasteiger partial charge in [-0.2, -0.15) is 0 Å². The zero-order valence-corrected chi connectivity index (χ0v) is 15.9. The number of carbonyl (C=O) groups is 2. The molecule has 0 aliphatic carbocycles. The summed E-state index contributed by atoms with van der Waals surface area (Å²) in [6, 6.07) is 12.1. The van der Waals surface area contributed by atoms with Crippen molar-refractivity contribution in [3.8, 4) is 10.6 Å². The van der Waals surface area contributed by atoms with E-state index in [0.717, 1.165) is 10.6 Å². The molecular formula is C18H13Cl2N3O2S. The normalized spacial score (nSPS) is 10.4. The molecule has 0 aliphatic heterocycles. The summed E-state index contributed by atoms with van der Waals surface area (Å²) in [4.78, 5) is 27.8. The van der Waals surface area contributed by atoms with Crippen molar-refractivity contribution < 1.29 is 9.59 Å². The van der Waals surface area contributed by atoms with E-state index in [4.69, 9.17) is 23.2 Å². The lowest BCUT2D eigenvalue weighted by molar-refractivity contribution is -0.114. The molecule has 1 aromatic heterocycles. The molecule has 2 aromatic carbocycles. The fourth-order valence-electron chi connectivity index (χ4n) is 2.19. The molecule has 0 bridgehead atoms. The number of halogens is 2. The van der Waals surface area contributed by atoms with Crippen molar-refractivity contribution in [3.05, 3.63) is 63.6 Å². The molecule has 5 nitrogen and oxygen atoms in total. The predicted octanol–water partition coefficient (Wildman–Crippen LogP) is 5.33.